The molecule has 1 atom stereocenters. The van der Waals surface area contributed by atoms with E-state index in [2.05, 4.69) is 10.3 Å². The Morgan fingerprint density at radius 2 is 2.27 bits per heavy atom. The SMILES string of the molecule is CNCc1cccc(OC(C)COC)n1. The standard InChI is InChI=1S/C11H18N2O2/c1-9(8-14-3)15-11-6-4-5-10(13-11)7-12-2/h4-6,9,12H,7-8H2,1-3H3. The number of nitrogens with one attached hydrogen (secondary N) is 1. The number of hydrogen-bond donors (Lipinski definition) is 1. The maximum absolute atomic E-state index is 5.58. The molecule has 0 aromatic carbocycles. The van der Waals surface area contributed by atoms with Gasteiger partial charge in [0.1, 0.15) is 6.10 Å². The molecule has 0 spiro atoms. The van der Waals surface area contributed by atoms with Crippen molar-refractivity contribution in [2.75, 3.05) is 20.8 Å². The average Bonchev–Trinajstić information content (AvgIpc) is 2.19. The van der Waals surface area contributed by atoms with Gasteiger partial charge >= 0.3 is 0 Å². The van der Waals surface area contributed by atoms with Crippen LogP contribution in [0.4, 0.5) is 0 Å². The van der Waals surface area contributed by atoms with E-state index in [4.69, 9.17) is 9.47 Å². The molecule has 1 unspecified atom stereocenters. The van der Waals surface area contributed by atoms with Crippen molar-refractivity contribution in [1.29, 1.82) is 0 Å². The summed E-state index contributed by atoms with van der Waals surface area (Å²) in [6, 6.07) is 5.75. The van der Waals surface area contributed by atoms with Crippen LogP contribution < -0.4 is 10.1 Å². The number of hydrogen-bond acceptors (Lipinski definition) is 4. The van der Waals surface area contributed by atoms with E-state index in [1.165, 1.54) is 0 Å². The van der Waals surface area contributed by atoms with Gasteiger partial charge in [-0.15, -0.1) is 0 Å². The Hall–Kier alpha value is -1.13. The van der Waals surface area contributed by atoms with E-state index in [0.29, 0.717) is 12.5 Å². The largest absolute Gasteiger partial charge is 0.472 e. The van der Waals surface area contributed by atoms with Gasteiger partial charge in [0.15, 0.2) is 0 Å². The first-order valence-electron chi connectivity index (χ1n) is 5.02. The summed E-state index contributed by atoms with van der Waals surface area (Å²) in [5.41, 5.74) is 0.972. The number of aromatic nitrogens is 1. The normalized spacial score (nSPS) is 12.5. The van der Waals surface area contributed by atoms with E-state index >= 15 is 0 Å². The van der Waals surface area contributed by atoms with E-state index in [9.17, 15) is 0 Å². The molecule has 1 aromatic rings. The van der Waals surface area contributed by atoms with Crippen molar-refractivity contribution in [2.24, 2.45) is 0 Å². The van der Waals surface area contributed by atoms with E-state index in [1.807, 2.05) is 32.2 Å². The van der Waals surface area contributed by atoms with Crippen molar-refractivity contribution < 1.29 is 9.47 Å². The first kappa shape index (κ1) is 11.9. The van der Waals surface area contributed by atoms with E-state index < -0.39 is 0 Å². The van der Waals surface area contributed by atoms with Crippen LogP contribution >= 0.6 is 0 Å². The number of ether oxygens (including phenoxy) is 2. The molecule has 0 aliphatic rings. The van der Waals surface area contributed by atoms with Crippen LogP contribution in [0.5, 0.6) is 5.88 Å². The summed E-state index contributed by atoms with van der Waals surface area (Å²) in [7, 11) is 3.55. The molecule has 0 fully saturated rings. The van der Waals surface area contributed by atoms with Gasteiger partial charge in [-0.05, 0) is 20.0 Å². The predicted molar refractivity (Wildman–Crippen MR) is 59.0 cm³/mol. The third kappa shape index (κ3) is 4.27. The van der Waals surface area contributed by atoms with Crippen LogP contribution in [0.25, 0.3) is 0 Å². The maximum Gasteiger partial charge on any atom is 0.213 e. The van der Waals surface area contributed by atoms with Gasteiger partial charge in [-0.25, -0.2) is 4.98 Å². The number of rotatable bonds is 6. The van der Waals surface area contributed by atoms with Crippen LogP contribution in [-0.2, 0) is 11.3 Å². The smallest absolute Gasteiger partial charge is 0.213 e. The van der Waals surface area contributed by atoms with Gasteiger partial charge < -0.3 is 14.8 Å². The number of nitrogens with zero attached hydrogens (tertiary/aromatic N) is 1. The molecule has 0 bridgehead atoms. The lowest BCUT2D eigenvalue weighted by Gasteiger charge is -2.13. The highest BCUT2D eigenvalue weighted by Gasteiger charge is 2.04. The Morgan fingerprint density at radius 1 is 1.47 bits per heavy atom. The second-order valence-electron chi connectivity index (χ2n) is 3.38. The van der Waals surface area contributed by atoms with Crippen molar-refractivity contribution in [3.05, 3.63) is 23.9 Å². The highest BCUT2D eigenvalue weighted by Crippen LogP contribution is 2.09. The average molecular weight is 210 g/mol. The summed E-state index contributed by atoms with van der Waals surface area (Å²) >= 11 is 0. The van der Waals surface area contributed by atoms with Gasteiger partial charge in [-0.2, -0.15) is 0 Å². The van der Waals surface area contributed by atoms with E-state index in [-0.39, 0.29) is 6.10 Å². The second kappa shape index (κ2) is 6.37. The van der Waals surface area contributed by atoms with Crippen LogP contribution in [0, 0.1) is 0 Å². The molecular formula is C11H18N2O2. The summed E-state index contributed by atoms with van der Waals surface area (Å²) in [4.78, 5) is 4.34. The minimum absolute atomic E-state index is 0.0207. The van der Waals surface area contributed by atoms with Gasteiger partial charge in [-0.1, -0.05) is 6.07 Å². The number of pyridine rings is 1. The van der Waals surface area contributed by atoms with Crippen LogP contribution in [0.3, 0.4) is 0 Å². The Balaban J connectivity index is 2.56. The lowest BCUT2D eigenvalue weighted by atomic mass is 10.3. The van der Waals surface area contributed by atoms with Crippen molar-refractivity contribution in [2.45, 2.75) is 19.6 Å². The van der Waals surface area contributed by atoms with Crippen molar-refractivity contribution >= 4 is 0 Å². The van der Waals surface area contributed by atoms with Crippen molar-refractivity contribution in [3.8, 4) is 5.88 Å². The van der Waals surface area contributed by atoms with Crippen LogP contribution in [0.2, 0.25) is 0 Å². The number of methoxy groups -OCH3 is 1. The second-order valence-corrected chi connectivity index (χ2v) is 3.38. The van der Waals surface area contributed by atoms with Crippen LogP contribution in [-0.4, -0.2) is 31.9 Å². The van der Waals surface area contributed by atoms with Gasteiger partial charge in [0.05, 0.1) is 12.3 Å². The van der Waals surface area contributed by atoms with Gasteiger partial charge in [0.25, 0.3) is 0 Å². The maximum atomic E-state index is 5.58. The summed E-state index contributed by atoms with van der Waals surface area (Å²) in [5.74, 6) is 0.646. The fraction of sp³-hybridized carbons (Fsp3) is 0.545. The molecule has 0 saturated heterocycles. The zero-order chi connectivity index (χ0) is 11.1. The quantitative estimate of drug-likeness (QED) is 0.766. The molecule has 1 aromatic heterocycles. The molecule has 4 heteroatoms. The van der Waals surface area contributed by atoms with Gasteiger partial charge in [-0.3, -0.25) is 0 Å². The third-order valence-corrected chi connectivity index (χ3v) is 1.86. The lowest BCUT2D eigenvalue weighted by Crippen LogP contribution is -2.19. The molecule has 1 heterocycles. The fourth-order valence-electron chi connectivity index (χ4n) is 1.28. The summed E-state index contributed by atoms with van der Waals surface area (Å²) < 4.78 is 10.6. The molecule has 0 amide bonds. The molecule has 1 N–H and O–H groups in total. The fourth-order valence-corrected chi connectivity index (χ4v) is 1.28. The van der Waals surface area contributed by atoms with Crippen LogP contribution in [0.15, 0.2) is 18.2 Å². The molecule has 0 aliphatic heterocycles. The molecule has 0 saturated carbocycles. The van der Waals surface area contributed by atoms with E-state index in [0.717, 1.165) is 12.2 Å². The predicted octanol–water partition coefficient (Wildman–Crippen LogP) is 1.21. The van der Waals surface area contributed by atoms with Crippen molar-refractivity contribution in [3.63, 3.8) is 0 Å². The molecule has 15 heavy (non-hydrogen) atoms. The Bertz CT molecular complexity index is 292. The molecular weight excluding hydrogens is 192 g/mol. The Morgan fingerprint density at radius 3 is 2.93 bits per heavy atom. The zero-order valence-corrected chi connectivity index (χ0v) is 9.49. The van der Waals surface area contributed by atoms with E-state index in [1.54, 1.807) is 7.11 Å². The first-order valence-corrected chi connectivity index (χ1v) is 5.02. The molecule has 4 nitrogen and oxygen atoms in total. The highest BCUT2D eigenvalue weighted by molar-refractivity contribution is 5.15. The highest BCUT2D eigenvalue weighted by atomic mass is 16.5. The first-order chi connectivity index (χ1) is 7.26. The molecule has 84 valence electrons. The van der Waals surface area contributed by atoms with Crippen LogP contribution in [0.1, 0.15) is 12.6 Å². The summed E-state index contributed by atoms with van der Waals surface area (Å²) in [6.07, 6.45) is 0.0207. The third-order valence-electron chi connectivity index (χ3n) is 1.86. The topological polar surface area (TPSA) is 43.4 Å². The molecule has 1 rings (SSSR count). The summed E-state index contributed by atoms with van der Waals surface area (Å²) in [6.45, 7) is 3.27. The monoisotopic (exact) mass is 210 g/mol. The Kier molecular flexibility index (Phi) is 5.07. The van der Waals surface area contributed by atoms with Gasteiger partial charge in [0.2, 0.25) is 5.88 Å². The minimum Gasteiger partial charge on any atom is -0.472 e. The Labute approximate surface area is 90.6 Å². The van der Waals surface area contributed by atoms with Crippen molar-refractivity contribution in [1.82, 2.24) is 10.3 Å². The van der Waals surface area contributed by atoms with Gasteiger partial charge in [0, 0.05) is 19.7 Å². The summed E-state index contributed by atoms with van der Waals surface area (Å²) in [5, 5.41) is 3.05. The lowest BCUT2D eigenvalue weighted by molar-refractivity contribution is 0.0888. The zero-order valence-electron chi connectivity index (χ0n) is 9.49. The minimum atomic E-state index is 0.0207. The molecule has 0 aliphatic carbocycles. The molecule has 0 radical (unpaired) electrons.